The van der Waals surface area contributed by atoms with Crippen molar-refractivity contribution in [2.75, 3.05) is 6.54 Å². The van der Waals surface area contributed by atoms with Crippen LogP contribution < -0.4 is 0 Å². The second-order valence-electron chi connectivity index (χ2n) is 6.33. The zero-order valence-corrected chi connectivity index (χ0v) is 14.0. The minimum absolute atomic E-state index is 0.218. The number of hydrogen-bond donors (Lipinski definition) is 2. The van der Waals surface area contributed by atoms with Crippen LogP contribution in [0, 0.1) is 5.82 Å². The van der Waals surface area contributed by atoms with E-state index in [0.29, 0.717) is 22.7 Å². The highest BCUT2D eigenvalue weighted by atomic mass is 35.5. The Morgan fingerprint density at radius 2 is 2.08 bits per heavy atom. The van der Waals surface area contributed by atoms with Crippen LogP contribution in [-0.4, -0.2) is 33.5 Å². The van der Waals surface area contributed by atoms with Gasteiger partial charge in [0.25, 0.3) is 5.91 Å². The Bertz CT molecular complexity index is 956. The van der Waals surface area contributed by atoms with Crippen LogP contribution in [0.2, 0.25) is 5.02 Å². The highest BCUT2D eigenvalue weighted by Crippen LogP contribution is 2.34. The number of carbonyl (C=O) groups excluding carboxylic acids is 1. The molecule has 6 heteroatoms. The van der Waals surface area contributed by atoms with Crippen LogP contribution in [0.4, 0.5) is 4.39 Å². The van der Waals surface area contributed by atoms with Crippen LogP contribution >= 0.6 is 11.6 Å². The van der Waals surface area contributed by atoms with E-state index in [1.54, 1.807) is 35.2 Å². The maximum Gasteiger partial charge on any atom is 0.270 e. The molecule has 1 fully saturated rings. The second kappa shape index (κ2) is 6.17. The molecular formula is C19H16ClFN2O2. The summed E-state index contributed by atoms with van der Waals surface area (Å²) in [5.74, 6) is -0.579. The van der Waals surface area contributed by atoms with Gasteiger partial charge < -0.3 is 15.0 Å². The summed E-state index contributed by atoms with van der Waals surface area (Å²) in [6.07, 6.45) is -0.239. The molecule has 1 aromatic heterocycles. The molecule has 1 aliphatic heterocycles. The van der Waals surface area contributed by atoms with E-state index in [1.165, 1.54) is 12.1 Å². The Balaban J connectivity index is 1.69. The first-order valence-corrected chi connectivity index (χ1v) is 8.42. The molecule has 4 rings (SSSR count). The minimum Gasteiger partial charge on any atom is -0.391 e. The van der Waals surface area contributed by atoms with E-state index < -0.39 is 6.10 Å². The smallest absolute Gasteiger partial charge is 0.270 e. The van der Waals surface area contributed by atoms with Crippen molar-refractivity contribution in [1.29, 1.82) is 0 Å². The first kappa shape index (κ1) is 16.1. The van der Waals surface area contributed by atoms with E-state index in [9.17, 15) is 14.3 Å². The number of nitrogens with zero attached hydrogens (tertiary/aromatic N) is 1. The van der Waals surface area contributed by atoms with Crippen molar-refractivity contribution in [2.45, 2.75) is 18.6 Å². The lowest BCUT2D eigenvalue weighted by Gasteiger charge is -2.24. The van der Waals surface area contributed by atoms with Crippen molar-refractivity contribution < 1.29 is 14.3 Å². The van der Waals surface area contributed by atoms with Gasteiger partial charge in [-0.3, -0.25) is 4.79 Å². The summed E-state index contributed by atoms with van der Waals surface area (Å²) in [6.45, 7) is 0.218. The fourth-order valence-corrected chi connectivity index (χ4v) is 3.61. The van der Waals surface area contributed by atoms with Gasteiger partial charge in [0.05, 0.1) is 12.1 Å². The third-order valence-corrected chi connectivity index (χ3v) is 4.82. The van der Waals surface area contributed by atoms with Crippen LogP contribution in [0.15, 0.2) is 48.5 Å². The van der Waals surface area contributed by atoms with Gasteiger partial charge in [-0.05, 0) is 42.3 Å². The van der Waals surface area contributed by atoms with Crippen LogP contribution in [-0.2, 0) is 0 Å². The fraction of sp³-hybridized carbons (Fsp3) is 0.211. The lowest BCUT2D eigenvalue weighted by Crippen LogP contribution is -2.32. The zero-order valence-electron chi connectivity index (χ0n) is 13.2. The van der Waals surface area contributed by atoms with E-state index in [-0.39, 0.29) is 24.3 Å². The van der Waals surface area contributed by atoms with Crippen molar-refractivity contribution in [3.8, 4) is 0 Å². The number of aliphatic hydroxyl groups excluding tert-OH is 1. The minimum atomic E-state index is -0.629. The fourth-order valence-electron chi connectivity index (χ4n) is 3.44. The summed E-state index contributed by atoms with van der Waals surface area (Å²) < 4.78 is 13.6. The molecule has 0 spiro atoms. The number of hydrogen-bond acceptors (Lipinski definition) is 2. The number of aromatic amines is 1. The molecule has 0 bridgehead atoms. The summed E-state index contributed by atoms with van der Waals surface area (Å²) in [5.41, 5.74) is 1.88. The average Bonchev–Trinajstić information content (AvgIpc) is 3.17. The molecule has 2 N–H and O–H groups in total. The van der Waals surface area contributed by atoms with E-state index in [4.69, 9.17) is 11.6 Å². The number of fused-ring (bicyclic) bond motifs is 1. The number of amides is 1. The van der Waals surface area contributed by atoms with E-state index in [2.05, 4.69) is 4.98 Å². The van der Waals surface area contributed by atoms with Crippen LogP contribution in [0.5, 0.6) is 0 Å². The van der Waals surface area contributed by atoms with Gasteiger partial charge >= 0.3 is 0 Å². The summed E-state index contributed by atoms with van der Waals surface area (Å²) >= 11 is 5.99. The Kier molecular flexibility index (Phi) is 3.98. The van der Waals surface area contributed by atoms with Crippen molar-refractivity contribution in [2.24, 2.45) is 0 Å². The quantitative estimate of drug-likeness (QED) is 0.729. The Morgan fingerprint density at radius 1 is 1.24 bits per heavy atom. The van der Waals surface area contributed by atoms with Gasteiger partial charge in [-0.1, -0.05) is 29.8 Å². The number of rotatable bonds is 2. The topological polar surface area (TPSA) is 56.3 Å². The number of aromatic nitrogens is 1. The maximum absolute atomic E-state index is 13.6. The molecule has 2 unspecified atom stereocenters. The normalized spacial score (nSPS) is 20.4. The van der Waals surface area contributed by atoms with Crippen LogP contribution in [0.3, 0.4) is 0 Å². The molecule has 1 aliphatic rings. The van der Waals surface area contributed by atoms with E-state index >= 15 is 0 Å². The SMILES string of the molecule is O=C(c1cc2ccc(Cl)cc2[nH]1)N1CC(O)CC1c1cccc(F)c1. The van der Waals surface area contributed by atoms with Gasteiger partial charge in [-0.2, -0.15) is 0 Å². The van der Waals surface area contributed by atoms with Crippen molar-refractivity contribution in [1.82, 2.24) is 9.88 Å². The molecule has 4 nitrogen and oxygen atoms in total. The first-order valence-electron chi connectivity index (χ1n) is 8.04. The average molecular weight is 359 g/mol. The van der Waals surface area contributed by atoms with E-state index in [1.807, 2.05) is 6.07 Å². The van der Waals surface area contributed by atoms with Crippen molar-refractivity contribution in [3.63, 3.8) is 0 Å². The highest BCUT2D eigenvalue weighted by molar-refractivity contribution is 6.31. The Labute approximate surface area is 148 Å². The molecule has 2 heterocycles. The summed E-state index contributed by atoms with van der Waals surface area (Å²) in [5, 5.41) is 11.5. The number of β-amino-alcohol motifs (C(OH)–C–C–N with tert-alkyl or cyclic N) is 1. The lowest BCUT2D eigenvalue weighted by molar-refractivity contribution is 0.0710. The van der Waals surface area contributed by atoms with Crippen LogP contribution in [0.25, 0.3) is 10.9 Å². The number of carbonyl (C=O) groups is 1. The zero-order chi connectivity index (χ0) is 17.6. The van der Waals surface area contributed by atoms with Gasteiger partial charge in [0, 0.05) is 22.5 Å². The molecular weight excluding hydrogens is 343 g/mol. The number of likely N-dealkylation sites (tertiary alicyclic amines) is 1. The molecule has 0 saturated carbocycles. The number of halogens is 2. The third-order valence-electron chi connectivity index (χ3n) is 4.59. The highest BCUT2D eigenvalue weighted by Gasteiger charge is 2.36. The summed E-state index contributed by atoms with van der Waals surface area (Å²) in [4.78, 5) is 17.6. The monoisotopic (exact) mass is 358 g/mol. The molecule has 128 valence electrons. The van der Waals surface area contributed by atoms with E-state index in [0.717, 1.165) is 10.9 Å². The molecule has 1 amide bonds. The van der Waals surface area contributed by atoms with Gasteiger partial charge in [0.2, 0.25) is 0 Å². The summed E-state index contributed by atoms with van der Waals surface area (Å²) in [6, 6.07) is 12.9. The number of aliphatic hydroxyl groups is 1. The predicted octanol–water partition coefficient (Wildman–Crippen LogP) is 3.91. The molecule has 2 aromatic carbocycles. The molecule has 3 aromatic rings. The maximum atomic E-state index is 13.6. The largest absolute Gasteiger partial charge is 0.391 e. The molecule has 1 saturated heterocycles. The van der Waals surface area contributed by atoms with Gasteiger partial charge in [-0.15, -0.1) is 0 Å². The molecule has 2 atom stereocenters. The Hall–Kier alpha value is -2.37. The van der Waals surface area contributed by atoms with Gasteiger partial charge in [-0.25, -0.2) is 4.39 Å². The number of nitrogens with one attached hydrogen (secondary N) is 1. The lowest BCUT2D eigenvalue weighted by atomic mass is 10.0. The van der Waals surface area contributed by atoms with Gasteiger partial charge in [0.15, 0.2) is 0 Å². The first-order chi connectivity index (χ1) is 12.0. The summed E-state index contributed by atoms with van der Waals surface area (Å²) in [7, 11) is 0. The van der Waals surface area contributed by atoms with Crippen molar-refractivity contribution >= 4 is 28.4 Å². The second-order valence-corrected chi connectivity index (χ2v) is 6.77. The Morgan fingerprint density at radius 3 is 2.88 bits per heavy atom. The predicted molar refractivity (Wildman–Crippen MR) is 94.1 cm³/mol. The molecule has 0 radical (unpaired) electrons. The number of benzene rings is 2. The van der Waals surface area contributed by atoms with Gasteiger partial charge in [0.1, 0.15) is 11.5 Å². The van der Waals surface area contributed by atoms with Crippen molar-refractivity contribution in [3.05, 3.63) is 70.6 Å². The third kappa shape index (κ3) is 3.01. The standard InChI is InChI=1S/C19H16ClFN2O2/c20-13-5-4-11-7-17(22-16(11)8-13)19(25)23-10-15(24)9-18(23)12-2-1-3-14(21)6-12/h1-8,15,18,22,24H,9-10H2. The number of H-pyrrole nitrogens is 1. The van der Waals surface area contributed by atoms with Crippen LogP contribution in [0.1, 0.15) is 28.5 Å². The molecule has 25 heavy (non-hydrogen) atoms. The molecule has 0 aliphatic carbocycles.